The van der Waals surface area contributed by atoms with Crippen LogP contribution >= 0.6 is 22.9 Å². The number of nitriles is 2. The Bertz CT molecular complexity index is 2250. The second-order valence-corrected chi connectivity index (χ2v) is 16.8. The van der Waals surface area contributed by atoms with Crippen LogP contribution in [-0.2, 0) is 0 Å². The number of benzene rings is 2. The fourth-order valence-electron chi connectivity index (χ4n) is 9.52. The lowest BCUT2D eigenvalue weighted by molar-refractivity contribution is 0.00453. The molecule has 5 aliphatic heterocycles. The Hall–Kier alpha value is -4.50. The van der Waals surface area contributed by atoms with E-state index < -0.39 is 11.6 Å². The van der Waals surface area contributed by atoms with E-state index in [0.717, 1.165) is 69.4 Å². The van der Waals surface area contributed by atoms with Gasteiger partial charge in [-0.2, -0.15) is 20.5 Å². The molecule has 15 heteroatoms. The van der Waals surface area contributed by atoms with Crippen LogP contribution in [0.25, 0.3) is 32.1 Å². The molecule has 5 aliphatic rings. The van der Waals surface area contributed by atoms with E-state index in [2.05, 4.69) is 21.9 Å². The van der Waals surface area contributed by atoms with Crippen molar-refractivity contribution in [2.75, 3.05) is 63.1 Å². The number of rotatable bonds is 5. The first kappa shape index (κ1) is 34.3. The average molecular weight is 758 g/mol. The number of hydrogen-bond acceptors (Lipinski definition) is 10. The Morgan fingerprint density at radius 2 is 1.85 bits per heavy atom. The Balaban J connectivity index is 1.13. The van der Waals surface area contributed by atoms with Crippen LogP contribution in [0.4, 0.5) is 24.4 Å². The molecule has 2 aromatic carbocycles. The van der Waals surface area contributed by atoms with Crippen molar-refractivity contribution in [2.45, 2.75) is 62.9 Å². The van der Waals surface area contributed by atoms with Gasteiger partial charge in [-0.25, -0.2) is 13.6 Å². The van der Waals surface area contributed by atoms with Gasteiger partial charge in [0.2, 0.25) is 0 Å². The number of likely N-dealkylation sites (tertiary alicyclic amines) is 2. The fraction of sp³-hybridized carbons (Fsp3) is 0.500. The molecule has 5 saturated heterocycles. The zero-order valence-electron chi connectivity index (χ0n) is 29.1. The Morgan fingerprint density at radius 3 is 2.57 bits per heavy atom. The van der Waals surface area contributed by atoms with Crippen LogP contribution in [0.1, 0.15) is 56.9 Å². The second-order valence-electron chi connectivity index (χ2n) is 15.4. The summed E-state index contributed by atoms with van der Waals surface area (Å²) in [5.41, 5.74) is 6.16. The van der Waals surface area contributed by atoms with Crippen LogP contribution in [-0.4, -0.2) is 94.7 Å². The van der Waals surface area contributed by atoms with Gasteiger partial charge in [0, 0.05) is 54.5 Å². The first-order valence-electron chi connectivity index (χ1n) is 18.3. The predicted octanol–water partition coefficient (Wildman–Crippen LogP) is 6.91. The molecule has 0 aliphatic carbocycles. The number of halogens is 3. The summed E-state index contributed by atoms with van der Waals surface area (Å²) in [7, 11) is 0. The minimum absolute atomic E-state index is 0.00688. The first-order valence-corrected chi connectivity index (χ1v) is 19.5. The molecule has 53 heavy (non-hydrogen) atoms. The molecule has 0 saturated carbocycles. The third-order valence-electron chi connectivity index (χ3n) is 12.3. The van der Waals surface area contributed by atoms with Crippen molar-refractivity contribution in [3.63, 3.8) is 0 Å². The smallest absolute Gasteiger partial charge is 0.321 e. The van der Waals surface area contributed by atoms with Crippen LogP contribution in [0.5, 0.6) is 6.01 Å². The number of ether oxygens (including phenoxy) is 1. The van der Waals surface area contributed by atoms with Crippen molar-refractivity contribution in [3.05, 3.63) is 40.4 Å². The maximum absolute atomic E-state index is 17.3. The summed E-state index contributed by atoms with van der Waals surface area (Å²) in [6.07, 6.45) is 7.68. The van der Waals surface area contributed by atoms with E-state index in [1.807, 2.05) is 4.90 Å². The highest BCUT2D eigenvalue weighted by Gasteiger charge is 2.50. The number of anilines is 2. The normalized spacial score (nSPS) is 22.0. The molecule has 5 fully saturated rings. The van der Waals surface area contributed by atoms with Gasteiger partial charge in [0.25, 0.3) is 0 Å². The van der Waals surface area contributed by atoms with Crippen molar-refractivity contribution in [1.29, 1.82) is 10.5 Å². The van der Waals surface area contributed by atoms with E-state index in [0.29, 0.717) is 57.0 Å². The number of hydrogen-bond donors (Lipinski definition) is 1. The number of carbonyl (C=O) groups excluding carboxylic acids is 1. The molecular formula is C38H38ClF2N9O2S. The van der Waals surface area contributed by atoms with Gasteiger partial charge in [0.15, 0.2) is 5.82 Å². The fourth-order valence-corrected chi connectivity index (χ4v) is 10.8. The third-order valence-corrected chi connectivity index (χ3v) is 13.6. The maximum Gasteiger partial charge on any atom is 0.321 e. The number of nitrogen functional groups attached to an aromatic ring is 1. The molecular weight excluding hydrogens is 720 g/mol. The molecule has 0 radical (unpaired) electrons. The van der Waals surface area contributed by atoms with Gasteiger partial charge in [-0.1, -0.05) is 24.1 Å². The van der Waals surface area contributed by atoms with Crippen molar-refractivity contribution >= 4 is 60.8 Å². The molecule has 2 N–H and O–H groups in total. The molecule has 2 aromatic heterocycles. The topological polar surface area (TPSA) is 139 Å². The second kappa shape index (κ2) is 12.8. The van der Waals surface area contributed by atoms with Gasteiger partial charge in [-0.3, -0.25) is 4.90 Å². The molecule has 274 valence electrons. The van der Waals surface area contributed by atoms with Gasteiger partial charge >= 0.3 is 12.0 Å². The highest BCUT2D eigenvalue weighted by atomic mass is 35.5. The quantitative estimate of drug-likeness (QED) is 0.230. The summed E-state index contributed by atoms with van der Waals surface area (Å²) in [4.78, 5) is 31.0. The molecule has 0 bridgehead atoms. The molecule has 11 nitrogen and oxygen atoms in total. The summed E-state index contributed by atoms with van der Waals surface area (Å²) in [5.74, 6) is -0.784. The maximum atomic E-state index is 17.3. The summed E-state index contributed by atoms with van der Waals surface area (Å²) >= 11 is 7.91. The van der Waals surface area contributed by atoms with E-state index >= 15 is 8.78 Å². The SMILES string of the molecule is N#Cc1c(N)sc2c(F)ccc(-c3c(Cl)cc4c(N5CCCCC6(CN(C(=O)N7CC[C@H]7C#N)C6)C5)nc(OCC56CCCN5CCC6)nc4c3F)c12. The average Bonchev–Trinajstić information content (AvgIpc) is 3.74. The summed E-state index contributed by atoms with van der Waals surface area (Å²) in [6.45, 7) is 5.40. The molecule has 4 aromatic rings. The van der Waals surface area contributed by atoms with Crippen LogP contribution < -0.4 is 15.4 Å². The highest BCUT2D eigenvalue weighted by molar-refractivity contribution is 7.23. The Morgan fingerprint density at radius 1 is 1.06 bits per heavy atom. The van der Waals surface area contributed by atoms with E-state index in [1.165, 1.54) is 12.1 Å². The zero-order valence-corrected chi connectivity index (χ0v) is 30.7. The molecule has 0 unspecified atom stereocenters. The van der Waals surface area contributed by atoms with E-state index in [9.17, 15) is 15.3 Å². The number of amides is 2. The lowest BCUT2D eigenvalue weighted by atomic mass is 9.76. The summed E-state index contributed by atoms with van der Waals surface area (Å²) in [5, 5.41) is 20.2. The molecule has 1 atom stereocenters. The number of thiophene rings is 1. The molecule has 2 amide bonds. The summed E-state index contributed by atoms with van der Waals surface area (Å²) in [6, 6.07) is 8.19. The first-order chi connectivity index (χ1) is 25.6. The third kappa shape index (κ3) is 5.44. The number of nitrogens with two attached hydrogens (primary N) is 1. The molecule has 1 spiro atoms. The molecule has 7 heterocycles. The van der Waals surface area contributed by atoms with Gasteiger partial charge in [-0.15, -0.1) is 11.3 Å². The molecule has 9 rings (SSSR count). The number of aromatic nitrogens is 2. The van der Waals surface area contributed by atoms with Crippen LogP contribution in [0.2, 0.25) is 5.02 Å². The van der Waals surface area contributed by atoms with E-state index in [4.69, 9.17) is 32.0 Å². The van der Waals surface area contributed by atoms with Crippen LogP contribution in [0, 0.1) is 39.7 Å². The lowest BCUT2D eigenvalue weighted by Gasteiger charge is -2.53. The highest BCUT2D eigenvalue weighted by Crippen LogP contribution is 2.47. The standard InChI is InChI=1S/C38H38ClF2N9O2S/c39-26-15-24-31(30(41)29(26)23-5-6-27(40)32-28(23)25(17-43)33(44)53-32)45-35(52-21-38-9-3-12-49(38)13-4-10-38)46-34(24)47-11-2-1-8-37(18-47)19-48(20-37)36(51)50-14-7-22(50)16-42/h5-6,15,22H,1-4,7-14,18-21,44H2/t22-/m0/s1. The Labute approximate surface area is 314 Å². The van der Waals surface area contributed by atoms with E-state index in [1.54, 1.807) is 11.0 Å². The predicted molar refractivity (Wildman–Crippen MR) is 199 cm³/mol. The number of fused-ring (bicyclic) bond motifs is 3. The largest absolute Gasteiger partial charge is 0.461 e. The number of urea groups is 1. The minimum Gasteiger partial charge on any atom is -0.461 e. The number of nitrogens with zero attached hydrogens (tertiary/aromatic N) is 8. The minimum atomic E-state index is -0.726. The lowest BCUT2D eigenvalue weighted by Crippen LogP contribution is -2.67. The van der Waals surface area contributed by atoms with Crippen molar-refractivity contribution in [2.24, 2.45) is 5.41 Å². The van der Waals surface area contributed by atoms with Gasteiger partial charge in [0.05, 0.1) is 26.9 Å². The van der Waals surface area contributed by atoms with Crippen molar-refractivity contribution in [3.8, 4) is 29.3 Å². The summed E-state index contributed by atoms with van der Waals surface area (Å²) < 4.78 is 38.9. The van der Waals surface area contributed by atoms with Gasteiger partial charge in [0.1, 0.15) is 40.9 Å². The Kier molecular flexibility index (Phi) is 8.29. The van der Waals surface area contributed by atoms with Crippen LogP contribution in [0.15, 0.2) is 18.2 Å². The monoisotopic (exact) mass is 757 g/mol. The van der Waals surface area contributed by atoms with Gasteiger partial charge < -0.3 is 25.2 Å². The van der Waals surface area contributed by atoms with Crippen molar-refractivity contribution in [1.82, 2.24) is 24.7 Å². The van der Waals surface area contributed by atoms with E-state index in [-0.39, 0.29) is 71.4 Å². The van der Waals surface area contributed by atoms with Gasteiger partial charge in [-0.05, 0) is 75.7 Å². The zero-order chi connectivity index (χ0) is 36.6. The number of carbonyl (C=O) groups is 1. The van der Waals surface area contributed by atoms with Crippen LogP contribution in [0.3, 0.4) is 0 Å². The van der Waals surface area contributed by atoms with Crippen molar-refractivity contribution < 1.29 is 18.3 Å².